The Balaban J connectivity index is 1.38. The lowest BCUT2D eigenvalue weighted by molar-refractivity contribution is 1.28. The third kappa shape index (κ3) is 4.86. The monoisotopic (exact) mass is 518 g/mol. The molecule has 0 saturated carbocycles. The summed E-state index contributed by atoms with van der Waals surface area (Å²) in [7, 11) is 0. The van der Waals surface area contributed by atoms with Crippen LogP contribution in [0.4, 0.5) is 45.5 Å². The van der Waals surface area contributed by atoms with Gasteiger partial charge in [0.2, 0.25) is 0 Å². The second-order valence-corrected chi connectivity index (χ2v) is 9.52. The summed E-state index contributed by atoms with van der Waals surface area (Å²) >= 11 is 0. The van der Waals surface area contributed by atoms with Crippen LogP contribution in [0.25, 0.3) is 11.1 Å². The van der Waals surface area contributed by atoms with Gasteiger partial charge in [-0.3, -0.25) is 0 Å². The van der Waals surface area contributed by atoms with Crippen LogP contribution in [-0.2, 0) is 0 Å². The largest absolute Gasteiger partial charge is 0.396 e. The predicted molar refractivity (Wildman–Crippen MR) is 170 cm³/mol. The summed E-state index contributed by atoms with van der Waals surface area (Å²) in [5.74, 6) is 0. The van der Waals surface area contributed by atoms with Gasteiger partial charge in [0.05, 0.1) is 17.1 Å². The summed E-state index contributed by atoms with van der Waals surface area (Å²) in [6, 6.07) is 53.7. The fourth-order valence-corrected chi connectivity index (χ4v) is 5.04. The molecule has 0 aliphatic heterocycles. The number of hydrogen-bond donors (Lipinski definition) is 2. The molecule has 0 aliphatic rings. The van der Waals surface area contributed by atoms with Gasteiger partial charge in [-0.15, -0.1) is 0 Å². The van der Waals surface area contributed by atoms with Gasteiger partial charge in [-0.1, -0.05) is 91.0 Å². The van der Waals surface area contributed by atoms with Gasteiger partial charge in [-0.25, -0.2) is 0 Å². The van der Waals surface area contributed by atoms with Gasteiger partial charge in [0.15, 0.2) is 0 Å². The van der Waals surface area contributed by atoms with Crippen LogP contribution in [0.1, 0.15) is 0 Å². The van der Waals surface area contributed by atoms with Crippen molar-refractivity contribution in [3.05, 3.63) is 158 Å². The smallest absolute Gasteiger partial charge is 0.0799 e. The number of anilines is 8. The third-order valence-corrected chi connectivity index (χ3v) is 7.00. The first-order valence-electron chi connectivity index (χ1n) is 13.3. The molecule has 4 nitrogen and oxygen atoms in total. The Labute approximate surface area is 235 Å². The molecule has 0 radical (unpaired) electrons. The van der Waals surface area contributed by atoms with Crippen LogP contribution in [0.5, 0.6) is 0 Å². The molecule has 0 bridgehead atoms. The van der Waals surface area contributed by atoms with Crippen molar-refractivity contribution in [3.8, 4) is 11.1 Å². The summed E-state index contributed by atoms with van der Waals surface area (Å²) < 4.78 is 0. The van der Waals surface area contributed by atoms with E-state index >= 15 is 0 Å². The predicted octanol–water partition coefficient (Wildman–Crippen LogP) is 9.46. The van der Waals surface area contributed by atoms with Crippen LogP contribution in [-0.4, -0.2) is 0 Å². The lowest BCUT2D eigenvalue weighted by Crippen LogP contribution is -2.13. The third-order valence-electron chi connectivity index (χ3n) is 7.00. The van der Waals surface area contributed by atoms with Crippen molar-refractivity contribution in [1.82, 2.24) is 0 Å². The highest BCUT2D eigenvalue weighted by Gasteiger charge is 2.19. The number of nitrogens with two attached hydrogens (primary N) is 2. The Hall–Kier alpha value is -5.48. The van der Waals surface area contributed by atoms with Crippen LogP contribution in [0.15, 0.2) is 158 Å². The SMILES string of the molecule is Nc1c(-c2ccc(N(c3ccccc3)c3ccccc3)cc2)ccc(N(c2ccccc2)c2ccccc2)c1N. The molecule has 6 aromatic carbocycles. The number of benzene rings is 6. The molecule has 0 amide bonds. The van der Waals surface area contributed by atoms with E-state index in [9.17, 15) is 0 Å². The lowest BCUT2D eigenvalue weighted by Gasteiger charge is -2.28. The zero-order valence-electron chi connectivity index (χ0n) is 22.1. The number of hydrogen-bond acceptors (Lipinski definition) is 4. The van der Waals surface area contributed by atoms with Crippen molar-refractivity contribution in [3.63, 3.8) is 0 Å². The fraction of sp³-hybridized carbons (Fsp3) is 0. The first kappa shape index (κ1) is 24.8. The minimum Gasteiger partial charge on any atom is -0.396 e. The summed E-state index contributed by atoms with van der Waals surface area (Å²) in [5.41, 5.74) is 22.6. The van der Waals surface area contributed by atoms with Crippen LogP contribution in [0, 0.1) is 0 Å². The molecule has 6 aromatic rings. The highest BCUT2D eigenvalue weighted by Crippen LogP contribution is 2.44. The van der Waals surface area contributed by atoms with Crippen molar-refractivity contribution >= 4 is 45.5 Å². The minimum absolute atomic E-state index is 0.546. The zero-order chi connectivity index (χ0) is 27.3. The molecular formula is C36H30N4. The highest BCUT2D eigenvalue weighted by atomic mass is 15.2. The lowest BCUT2D eigenvalue weighted by atomic mass is 10.00. The molecule has 0 aromatic heterocycles. The van der Waals surface area contributed by atoms with E-state index < -0.39 is 0 Å². The Morgan fingerprint density at radius 2 is 0.700 bits per heavy atom. The Morgan fingerprint density at radius 1 is 0.325 bits per heavy atom. The molecule has 0 atom stereocenters. The van der Waals surface area contributed by atoms with Crippen molar-refractivity contribution in [2.24, 2.45) is 0 Å². The molecule has 0 saturated heterocycles. The van der Waals surface area contributed by atoms with E-state index in [4.69, 9.17) is 11.5 Å². The second kappa shape index (κ2) is 11.1. The first-order chi connectivity index (χ1) is 19.7. The standard InChI is InChI=1S/C36H30N4/c37-35-33(25-26-34(36(35)38)40(30-17-9-3-10-18-30)31-19-11-4-12-20-31)27-21-23-32(24-22-27)39(28-13-5-1-6-14-28)29-15-7-2-8-16-29/h1-26H,37-38H2. The van der Waals surface area contributed by atoms with Crippen LogP contribution >= 0.6 is 0 Å². The topological polar surface area (TPSA) is 58.5 Å². The Kier molecular flexibility index (Phi) is 6.89. The molecule has 0 heterocycles. The van der Waals surface area contributed by atoms with Crippen molar-refractivity contribution in [1.29, 1.82) is 0 Å². The molecule has 0 fully saturated rings. The number of para-hydroxylation sites is 4. The Bertz CT molecular complexity index is 1610. The van der Waals surface area contributed by atoms with Crippen LogP contribution in [0.3, 0.4) is 0 Å². The van der Waals surface area contributed by atoms with E-state index in [-0.39, 0.29) is 0 Å². The van der Waals surface area contributed by atoms with Crippen LogP contribution in [0.2, 0.25) is 0 Å². The summed E-state index contributed by atoms with van der Waals surface area (Å²) in [6.07, 6.45) is 0. The molecule has 4 heteroatoms. The number of nitrogen functional groups attached to an aromatic ring is 2. The molecule has 194 valence electrons. The molecule has 4 N–H and O–H groups in total. The molecule has 0 aliphatic carbocycles. The average molecular weight is 519 g/mol. The summed E-state index contributed by atoms with van der Waals surface area (Å²) in [6.45, 7) is 0. The first-order valence-corrected chi connectivity index (χ1v) is 13.3. The van der Waals surface area contributed by atoms with Crippen molar-refractivity contribution in [2.75, 3.05) is 21.3 Å². The fourth-order valence-electron chi connectivity index (χ4n) is 5.04. The second-order valence-electron chi connectivity index (χ2n) is 9.52. The van der Waals surface area contributed by atoms with E-state index in [2.05, 4.69) is 119 Å². The maximum atomic E-state index is 6.75. The Morgan fingerprint density at radius 3 is 1.12 bits per heavy atom. The molecule has 0 spiro atoms. The van der Waals surface area contributed by atoms with Gasteiger partial charge < -0.3 is 21.3 Å². The molecule has 6 rings (SSSR count). The maximum Gasteiger partial charge on any atom is 0.0799 e. The normalized spacial score (nSPS) is 10.7. The quantitative estimate of drug-likeness (QED) is 0.207. The van der Waals surface area contributed by atoms with Gasteiger partial charge in [0, 0.05) is 34.0 Å². The zero-order valence-corrected chi connectivity index (χ0v) is 22.1. The van der Waals surface area contributed by atoms with Crippen LogP contribution < -0.4 is 21.3 Å². The van der Waals surface area contributed by atoms with Crippen molar-refractivity contribution < 1.29 is 0 Å². The van der Waals surface area contributed by atoms with Gasteiger partial charge >= 0.3 is 0 Å². The van der Waals surface area contributed by atoms with Gasteiger partial charge in [0.25, 0.3) is 0 Å². The molecule has 0 unspecified atom stereocenters. The van der Waals surface area contributed by atoms with Gasteiger partial charge in [-0.2, -0.15) is 0 Å². The van der Waals surface area contributed by atoms with E-state index in [0.717, 1.165) is 45.3 Å². The van der Waals surface area contributed by atoms with Gasteiger partial charge in [-0.05, 0) is 72.3 Å². The van der Waals surface area contributed by atoms with E-state index in [1.165, 1.54) is 0 Å². The molecular weight excluding hydrogens is 488 g/mol. The van der Waals surface area contributed by atoms with E-state index in [1.54, 1.807) is 0 Å². The highest BCUT2D eigenvalue weighted by molar-refractivity contribution is 5.96. The molecule has 40 heavy (non-hydrogen) atoms. The van der Waals surface area contributed by atoms with Gasteiger partial charge in [0.1, 0.15) is 0 Å². The van der Waals surface area contributed by atoms with E-state index in [1.807, 2.05) is 48.5 Å². The summed E-state index contributed by atoms with van der Waals surface area (Å²) in [5, 5.41) is 0. The average Bonchev–Trinajstić information content (AvgIpc) is 3.02. The van der Waals surface area contributed by atoms with Crippen molar-refractivity contribution in [2.45, 2.75) is 0 Å². The summed E-state index contributed by atoms with van der Waals surface area (Å²) in [4.78, 5) is 4.37. The minimum atomic E-state index is 0.546. The number of nitrogens with zero attached hydrogens (tertiary/aromatic N) is 2. The maximum absolute atomic E-state index is 6.75. The van der Waals surface area contributed by atoms with E-state index in [0.29, 0.717) is 11.4 Å². The number of rotatable bonds is 7.